The predicted molar refractivity (Wildman–Crippen MR) is 39.8 cm³/mol. The first-order valence-electron chi connectivity index (χ1n) is 3.71. The molecule has 2 unspecified atom stereocenters. The van der Waals surface area contributed by atoms with E-state index in [2.05, 4.69) is 4.74 Å². The van der Waals surface area contributed by atoms with E-state index in [9.17, 15) is 13.6 Å². The van der Waals surface area contributed by atoms with Crippen LogP contribution in [0.3, 0.4) is 0 Å². The van der Waals surface area contributed by atoms with Crippen molar-refractivity contribution in [3.63, 3.8) is 0 Å². The van der Waals surface area contributed by atoms with Gasteiger partial charge < -0.3 is 10.5 Å². The van der Waals surface area contributed by atoms with Crippen molar-refractivity contribution in [2.24, 2.45) is 11.7 Å². The Balaban J connectivity index is 4.00. The Hall–Kier alpha value is -0.710. The van der Waals surface area contributed by atoms with Gasteiger partial charge in [0.1, 0.15) is 6.04 Å². The summed E-state index contributed by atoms with van der Waals surface area (Å²) in [5.41, 5.74) is 5.19. The Labute approximate surface area is 69.9 Å². The third-order valence-electron chi connectivity index (χ3n) is 1.52. The van der Waals surface area contributed by atoms with Crippen LogP contribution in [0.25, 0.3) is 0 Å². The van der Waals surface area contributed by atoms with Crippen molar-refractivity contribution < 1.29 is 18.3 Å². The number of alkyl halides is 2. The zero-order valence-electron chi connectivity index (χ0n) is 7.09. The zero-order chi connectivity index (χ0) is 9.72. The summed E-state index contributed by atoms with van der Waals surface area (Å²) >= 11 is 0. The highest BCUT2D eigenvalue weighted by Crippen LogP contribution is 2.12. The van der Waals surface area contributed by atoms with Gasteiger partial charge in [-0.15, -0.1) is 0 Å². The molecule has 0 aromatic carbocycles. The molecule has 0 aromatic heterocycles. The third kappa shape index (κ3) is 3.13. The van der Waals surface area contributed by atoms with Crippen LogP contribution in [0.15, 0.2) is 0 Å². The molecule has 3 nitrogen and oxygen atoms in total. The summed E-state index contributed by atoms with van der Waals surface area (Å²) < 4.78 is 28.5. The molecule has 0 aliphatic heterocycles. The molecular weight excluding hydrogens is 168 g/mol. The van der Waals surface area contributed by atoms with Crippen molar-refractivity contribution >= 4 is 5.97 Å². The molecule has 0 amide bonds. The Kier molecular flexibility index (Phi) is 4.73. The predicted octanol–water partition coefficient (Wildman–Crippen LogP) is 0.778. The highest BCUT2D eigenvalue weighted by atomic mass is 19.3. The molecule has 0 spiro atoms. The summed E-state index contributed by atoms with van der Waals surface area (Å²) in [6, 6.07) is -1.23. The number of carbonyl (C=O) groups is 1. The standard InChI is InChI=1S/C7H13F2NO2/c1-3-12-7(11)5(10)4(2)6(8)9/h4-6H,3,10H2,1-2H3. The summed E-state index contributed by atoms with van der Waals surface area (Å²) in [6.07, 6.45) is -2.59. The van der Waals surface area contributed by atoms with E-state index in [1.165, 1.54) is 6.92 Å². The minimum absolute atomic E-state index is 0.155. The van der Waals surface area contributed by atoms with E-state index >= 15 is 0 Å². The lowest BCUT2D eigenvalue weighted by Gasteiger charge is -2.16. The highest BCUT2D eigenvalue weighted by Gasteiger charge is 2.28. The van der Waals surface area contributed by atoms with E-state index in [1.54, 1.807) is 6.92 Å². The molecule has 0 aromatic rings. The molecular formula is C7H13F2NO2. The molecule has 0 fully saturated rings. The SMILES string of the molecule is CCOC(=O)C(N)C(C)C(F)F. The van der Waals surface area contributed by atoms with Crippen LogP contribution in [0.1, 0.15) is 13.8 Å². The average Bonchev–Trinajstić information content (AvgIpc) is 2.02. The lowest BCUT2D eigenvalue weighted by Crippen LogP contribution is -2.41. The van der Waals surface area contributed by atoms with E-state index in [0.29, 0.717) is 0 Å². The number of rotatable bonds is 4. The van der Waals surface area contributed by atoms with E-state index in [4.69, 9.17) is 5.73 Å². The van der Waals surface area contributed by atoms with Crippen LogP contribution in [-0.4, -0.2) is 25.0 Å². The maximum atomic E-state index is 12.0. The van der Waals surface area contributed by atoms with Gasteiger partial charge in [-0.1, -0.05) is 6.92 Å². The minimum Gasteiger partial charge on any atom is -0.465 e. The molecule has 72 valence electrons. The number of nitrogens with two attached hydrogens (primary N) is 1. The summed E-state index contributed by atoms with van der Waals surface area (Å²) in [4.78, 5) is 10.8. The quantitative estimate of drug-likeness (QED) is 0.652. The Morgan fingerprint density at radius 1 is 1.58 bits per heavy atom. The van der Waals surface area contributed by atoms with Crippen LogP contribution in [0.4, 0.5) is 8.78 Å². The van der Waals surface area contributed by atoms with Crippen molar-refractivity contribution in [3.05, 3.63) is 0 Å². The molecule has 0 aliphatic carbocycles. The first-order chi connectivity index (χ1) is 5.50. The Morgan fingerprint density at radius 3 is 2.42 bits per heavy atom. The Bertz CT molecular complexity index is 152. The Morgan fingerprint density at radius 2 is 2.08 bits per heavy atom. The monoisotopic (exact) mass is 181 g/mol. The lowest BCUT2D eigenvalue weighted by atomic mass is 10.0. The van der Waals surface area contributed by atoms with Gasteiger partial charge in [0.15, 0.2) is 0 Å². The maximum absolute atomic E-state index is 12.0. The fraction of sp³-hybridized carbons (Fsp3) is 0.857. The first-order valence-corrected chi connectivity index (χ1v) is 3.71. The van der Waals surface area contributed by atoms with Crippen LogP contribution in [-0.2, 0) is 9.53 Å². The van der Waals surface area contributed by atoms with E-state index in [-0.39, 0.29) is 6.61 Å². The number of hydrogen-bond acceptors (Lipinski definition) is 3. The van der Waals surface area contributed by atoms with Gasteiger partial charge in [-0.25, -0.2) is 8.78 Å². The fourth-order valence-corrected chi connectivity index (χ4v) is 0.610. The highest BCUT2D eigenvalue weighted by molar-refractivity contribution is 5.75. The third-order valence-corrected chi connectivity index (χ3v) is 1.52. The molecule has 2 atom stereocenters. The average molecular weight is 181 g/mol. The van der Waals surface area contributed by atoms with Crippen molar-refractivity contribution in [1.29, 1.82) is 0 Å². The van der Waals surface area contributed by atoms with Crippen LogP contribution >= 0.6 is 0 Å². The van der Waals surface area contributed by atoms with Crippen LogP contribution in [0.2, 0.25) is 0 Å². The summed E-state index contributed by atoms with van der Waals surface area (Å²) in [7, 11) is 0. The first kappa shape index (κ1) is 11.3. The van der Waals surface area contributed by atoms with Gasteiger partial charge in [-0.3, -0.25) is 4.79 Å². The van der Waals surface area contributed by atoms with Gasteiger partial charge >= 0.3 is 5.97 Å². The number of carbonyl (C=O) groups excluding carboxylic acids is 1. The maximum Gasteiger partial charge on any atom is 0.323 e. The molecule has 0 radical (unpaired) electrons. The molecule has 0 saturated carbocycles. The lowest BCUT2D eigenvalue weighted by molar-refractivity contribution is -0.147. The van der Waals surface area contributed by atoms with Crippen LogP contribution < -0.4 is 5.73 Å². The summed E-state index contributed by atoms with van der Waals surface area (Å²) in [5, 5.41) is 0. The number of halogens is 2. The van der Waals surface area contributed by atoms with Crippen molar-refractivity contribution in [2.75, 3.05) is 6.61 Å². The molecule has 0 bridgehead atoms. The topological polar surface area (TPSA) is 52.3 Å². The fourth-order valence-electron chi connectivity index (χ4n) is 0.610. The second-order valence-corrected chi connectivity index (χ2v) is 2.47. The van der Waals surface area contributed by atoms with E-state index in [0.717, 1.165) is 0 Å². The smallest absolute Gasteiger partial charge is 0.323 e. The summed E-state index contributed by atoms with van der Waals surface area (Å²) in [6.45, 7) is 2.96. The van der Waals surface area contributed by atoms with E-state index in [1.807, 2.05) is 0 Å². The largest absolute Gasteiger partial charge is 0.465 e. The van der Waals surface area contributed by atoms with Crippen molar-refractivity contribution in [3.8, 4) is 0 Å². The normalized spacial score (nSPS) is 15.8. The molecule has 12 heavy (non-hydrogen) atoms. The van der Waals surface area contributed by atoms with Gasteiger partial charge in [-0.2, -0.15) is 0 Å². The molecule has 2 N–H and O–H groups in total. The van der Waals surface area contributed by atoms with Gasteiger partial charge in [0.2, 0.25) is 6.43 Å². The number of esters is 1. The van der Waals surface area contributed by atoms with Gasteiger partial charge in [-0.05, 0) is 6.92 Å². The van der Waals surface area contributed by atoms with Crippen LogP contribution in [0, 0.1) is 5.92 Å². The van der Waals surface area contributed by atoms with Crippen molar-refractivity contribution in [2.45, 2.75) is 26.3 Å². The number of hydrogen-bond donors (Lipinski definition) is 1. The molecule has 5 heteroatoms. The molecule has 0 heterocycles. The molecule has 0 rings (SSSR count). The zero-order valence-corrected chi connectivity index (χ0v) is 7.09. The van der Waals surface area contributed by atoms with Gasteiger partial charge in [0.25, 0.3) is 0 Å². The summed E-state index contributed by atoms with van der Waals surface area (Å²) in [5.74, 6) is -1.94. The van der Waals surface area contributed by atoms with Crippen LogP contribution in [0.5, 0.6) is 0 Å². The number of ether oxygens (including phenoxy) is 1. The minimum atomic E-state index is -2.59. The molecule has 0 aliphatic rings. The molecule has 0 saturated heterocycles. The second kappa shape index (κ2) is 5.03. The van der Waals surface area contributed by atoms with Gasteiger partial charge in [0, 0.05) is 5.92 Å². The second-order valence-electron chi connectivity index (χ2n) is 2.47. The van der Waals surface area contributed by atoms with Crippen molar-refractivity contribution in [1.82, 2.24) is 0 Å². The van der Waals surface area contributed by atoms with E-state index < -0.39 is 24.4 Å². The van der Waals surface area contributed by atoms with Gasteiger partial charge in [0.05, 0.1) is 6.61 Å².